The fraction of sp³-hybridized carbons (Fsp3) is 0.733. The van der Waals surface area contributed by atoms with E-state index >= 15 is 0 Å². The van der Waals surface area contributed by atoms with Gasteiger partial charge in [-0.15, -0.1) is 11.3 Å². The number of piperazine rings is 1. The van der Waals surface area contributed by atoms with Crippen LogP contribution in [0.1, 0.15) is 29.8 Å². The molecule has 1 aromatic heterocycles. The lowest BCUT2D eigenvalue weighted by atomic mass is 9.96. The third-order valence-electron chi connectivity index (χ3n) is 4.13. The van der Waals surface area contributed by atoms with Gasteiger partial charge < -0.3 is 10.2 Å². The first-order chi connectivity index (χ1) is 9.13. The van der Waals surface area contributed by atoms with Gasteiger partial charge in [0.2, 0.25) is 0 Å². The fourth-order valence-electron chi connectivity index (χ4n) is 2.87. The van der Waals surface area contributed by atoms with E-state index in [0.29, 0.717) is 12.1 Å². The van der Waals surface area contributed by atoms with Crippen LogP contribution < -0.4 is 5.32 Å². The van der Waals surface area contributed by atoms with Crippen LogP contribution in [-0.4, -0.2) is 56.1 Å². The zero-order valence-electron chi connectivity index (χ0n) is 12.6. The Bertz CT molecular complexity index is 390. The normalized spacial score (nSPS) is 23.7. The second-order valence-electron chi connectivity index (χ2n) is 5.67. The summed E-state index contributed by atoms with van der Waals surface area (Å²) in [6, 6.07) is 3.33. The van der Waals surface area contributed by atoms with E-state index in [9.17, 15) is 0 Å². The molecule has 4 heteroatoms. The maximum Gasteiger partial charge on any atom is 0.0501 e. The topological polar surface area (TPSA) is 18.5 Å². The van der Waals surface area contributed by atoms with Gasteiger partial charge in [-0.2, -0.15) is 0 Å². The van der Waals surface area contributed by atoms with E-state index < -0.39 is 0 Å². The van der Waals surface area contributed by atoms with Crippen LogP contribution >= 0.6 is 11.3 Å². The molecule has 0 amide bonds. The van der Waals surface area contributed by atoms with Gasteiger partial charge in [0, 0.05) is 30.6 Å². The summed E-state index contributed by atoms with van der Waals surface area (Å²) in [6.45, 7) is 9.06. The van der Waals surface area contributed by atoms with E-state index in [2.05, 4.69) is 54.5 Å². The smallest absolute Gasteiger partial charge is 0.0501 e. The highest BCUT2D eigenvalue weighted by Crippen LogP contribution is 2.28. The summed E-state index contributed by atoms with van der Waals surface area (Å²) in [7, 11) is 4.50. The van der Waals surface area contributed by atoms with Crippen LogP contribution in [0.2, 0.25) is 0 Å². The molecule has 3 nitrogen and oxygen atoms in total. The number of likely N-dealkylation sites (N-methyl/N-ethyl adjacent to an activating group) is 2. The predicted molar refractivity (Wildman–Crippen MR) is 84.0 cm³/mol. The Morgan fingerprint density at radius 3 is 2.84 bits per heavy atom. The molecule has 19 heavy (non-hydrogen) atoms. The number of aryl methyl sites for hydroxylation is 1. The van der Waals surface area contributed by atoms with Gasteiger partial charge in [-0.05, 0) is 51.0 Å². The van der Waals surface area contributed by atoms with Gasteiger partial charge in [0.15, 0.2) is 0 Å². The first kappa shape index (κ1) is 15.0. The average Bonchev–Trinajstić information content (AvgIpc) is 2.80. The minimum atomic E-state index is 0.457. The van der Waals surface area contributed by atoms with Gasteiger partial charge in [-0.3, -0.25) is 4.90 Å². The summed E-state index contributed by atoms with van der Waals surface area (Å²) in [5.41, 5.74) is 1.49. The molecule has 2 rings (SSSR count). The molecule has 2 unspecified atom stereocenters. The second-order valence-corrected chi connectivity index (χ2v) is 6.79. The van der Waals surface area contributed by atoms with E-state index in [-0.39, 0.29) is 0 Å². The van der Waals surface area contributed by atoms with Crippen molar-refractivity contribution >= 4 is 11.3 Å². The van der Waals surface area contributed by atoms with Crippen molar-refractivity contribution in [1.82, 2.24) is 15.1 Å². The van der Waals surface area contributed by atoms with Gasteiger partial charge >= 0.3 is 0 Å². The molecule has 2 atom stereocenters. The van der Waals surface area contributed by atoms with Gasteiger partial charge in [0.25, 0.3) is 0 Å². The van der Waals surface area contributed by atoms with Crippen LogP contribution in [0.3, 0.4) is 0 Å². The molecular weight excluding hydrogens is 254 g/mol. The Hall–Kier alpha value is -0.420. The highest BCUT2D eigenvalue weighted by molar-refractivity contribution is 7.10. The molecule has 1 N–H and O–H groups in total. The molecule has 1 fully saturated rings. The summed E-state index contributed by atoms with van der Waals surface area (Å²) in [4.78, 5) is 6.42. The van der Waals surface area contributed by atoms with Gasteiger partial charge in [0.05, 0.1) is 6.04 Å². The Labute approximate surface area is 121 Å². The molecule has 0 spiro atoms. The number of hydrogen-bond acceptors (Lipinski definition) is 4. The van der Waals surface area contributed by atoms with Crippen molar-refractivity contribution in [3.05, 3.63) is 21.9 Å². The summed E-state index contributed by atoms with van der Waals surface area (Å²) >= 11 is 1.86. The molecule has 1 aromatic rings. The molecule has 0 aromatic carbocycles. The minimum absolute atomic E-state index is 0.457. The molecule has 0 radical (unpaired) electrons. The number of hydrogen-bond donors (Lipinski definition) is 1. The fourth-order valence-corrected chi connectivity index (χ4v) is 3.62. The third kappa shape index (κ3) is 3.57. The maximum atomic E-state index is 3.77. The lowest BCUT2D eigenvalue weighted by Crippen LogP contribution is -2.55. The molecule has 1 aliphatic heterocycles. The van der Waals surface area contributed by atoms with Crippen LogP contribution in [0.5, 0.6) is 0 Å². The first-order valence-electron chi connectivity index (χ1n) is 7.29. The van der Waals surface area contributed by atoms with Crippen LogP contribution in [0.4, 0.5) is 0 Å². The average molecular weight is 281 g/mol. The van der Waals surface area contributed by atoms with Crippen molar-refractivity contribution in [2.75, 3.05) is 40.3 Å². The SMILES string of the molecule is CCCNC(c1ccsc1C)C1CN(C)CCN1C. The Morgan fingerprint density at radius 2 is 2.21 bits per heavy atom. The van der Waals surface area contributed by atoms with E-state index in [1.807, 2.05) is 11.3 Å². The first-order valence-corrected chi connectivity index (χ1v) is 8.17. The van der Waals surface area contributed by atoms with Crippen LogP contribution in [0.15, 0.2) is 11.4 Å². The minimum Gasteiger partial charge on any atom is -0.309 e. The van der Waals surface area contributed by atoms with E-state index in [4.69, 9.17) is 0 Å². The standard InChI is InChI=1S/C15H27N3S/c1-5-7-16-15(13-6-10-19-12(13)2)14-11-17(3)8-9-18(14)4/h6,10,14-16H,5,7-9,11H2,1-4H3. The van der Waals surface area contributed by atoms with E-state index in [0.717, 1.165) is 19.6 Å². The summed E-state index contributed by atoms with van der Waals surface area (Å²) in [6.07, 6.45) is 1.19. The summed E-state index contributed by atoms with van der Waals surface area (Å²) < 4.78 is 0. The zero-order chi connectivity index (χ0) is 13.8. The van der Waals surface area contributed by atoms with Crippen molar-refractivity contribution < 1.29 is 0 Å². The number of nitrogens with one attached hydrogen (secondary N) is 1. The van der Waals surface area contributed by atoms with Crippen molar-refractivity contribution in [1.29, 1.82) is 0 Å². The summed E-state index contributed by atoms with van der Waals surface area (Å²) in [5.74, 6) is 0. The molecule has 1 saturated heterocycles. The highest BCUT2D eigenvalue weighted by Gasteiger charge is 2.31. The van der Waals surface area contributed by atoms with Crippen LogP contribution in [0, 0.1) is 6.92 Å². The maximum absolute atomic E-state index is 3.77. The number of thiophene rings is 1. The molecule has 0 aliphatic carbocycles. The van der Waals surface area contributed by atoms with Gasteiger partial charge in [-0.1, -0.05) is 6.92 Å². The van der Waals surface area contributed by atoms with Gasteiger partial charge in [0.1, 0.15) is 0 Å². The van der Waals surface area contributed by atoms with Gasteiger partial charge in [-0.25, -0.2) is 0 Å². The van der Waals surface area contributed by atoms with Crippen molar-refractivity contribution in [3.63, 3.8) is 0 Å². The van der Waals surface area contributed by atoms with Crippen molar-refractivity contribution in [2.24, 2.45) is 0 Å². The second kappa shape index (κ2) is 6.84. The van der Waals surface area contributed by atoms with Crippen molar-refractivity contribution in [3.8, 4) is 0 Å². The third-order valence-corrected chi connectivity index (χ3v) is 4.99. The molecule has 0 bridgehead atoms. The monoisotopic (exact) mass is 281 g/mol. The van der Waals surface area contributed by atoms with Crippen LogP contribution in [-0.2, 0) is 0 Å². The van der Waals surface area contributed by atoms with E-state index in [1.165, 1.54) is 23.4 Å². The molecular formula is C15H27N3S. The van der Waals surface area contributed by atoms with E-state index in [1.54, 1.807) is 0 Å². The predicted octanol–water partition coefficient (Wildman–Crippen LogP) is 2.34. The summed E-state index contributed by atoms with van der Waals surface area (Å²) in [5, 5.41) is 5.99. The lowest BCUT2D eigenvalue weighted by molar-refractivity contribution is 0.0876. The highest BCUT2D eigenvalue weighted by atomic mass is 32.1. The molecule has 1 aliphatic rings. The quantitative estimate of drug-likeness (QED) is 0.894. The molecule has 2 heterocycles. The number of rotatable bonds is 5. The molecule has 0 saturated carbocycles. The Kier molecular flexibility index (Phi) is 5.39. The zero-order valence-corrected chi connectivity index (χ0v) is 13.5. The van der Waals surface area contributed by atoms with Crippen LogP contribution in [0.25, 0.3) is 0 Å². The lowest BCUT2D eigenvalue weighted by Gasteiger charge is -2.42. The molecule has 108 valence electrons. The largest absolute Gasteiger partial charge is 0.309 e. The van der Waals surface area contributed by atoms with Crippen molar-refractivity contribution in [2.45, 2.75) is 32.4 Å². The number of nitrogens with zero attached hydrogens (tertiary/aromatic N) is 2. The Morgan fingerprint density at radius 1 is 1.42 bits per heavy atom. The Balaban J connectivity index is 2.19.